The highest BCUT2D eigenvalue weighted by atomic mass is 16.5. The minimum atomic E-state index is -0.647. The molecule has 0 radical (unpaired) electrons. The highest BCUT2D eigenvalue weighted by molar-refractivity contribution is 6.02. The van der Waals surface area contributed by atoms with Crippen LogP contribution in [0.2, 0.25) is 0 Å². The van der Waals surface area contributed by atoms with Crippen molar-refractivity contribution in [3.8, 4) is 5.75 Å². The topological polar surface area (TPSA) is 80.6 Å². The van der Waals surface area contributed by atoms with Crippen LogP contribution in [0.5, 0.6) is 5.75 Å². The van der Waals surface area contributed by atoms with Crippen LogP contribution >= 0.6 is 0 Å². The lowest BCUT2D eigenvalue weighted by atomic mass is 10.2. The summed E-state index contributed by atoms with van der Waals surface area (Å²) in [5.74, 6) is 0.272. The van der Waals surface area contributed by atoms with Gasteiger partial charge in [-0.05, 0) is 62.4 Å². The zero-order valence-electron chi connectivity index (χ0n) is 15.1. The van der Waals surface area contributed by atoms with Gasteiger partial charge in [0, 0.05) is 11.4 Å². The maximum absolute atomic E-state index is 12.3. The van der Waals surface area contributed by atoms with Crippen molar-refractivity contribution in [1.82, 2.24) is 0 Å². The van der Waals surface area contributed by atoms with Crippen LogP contribution in [-0.4, -0.2) is 17.9 Å². The van der Waals surface area contributed by atoms with Crippen LogP contribution in [0.25, 0.3) is 0 Å². The van der Waals surface area contributed by atoms with E-state index in [1.165, 1.54) is 6.26 Å². The van der Waals surface area contributed by atoms with Gasteiger partial charge in [0.2, 0.25) is 0 Å². The summed E-state index contributed by atoms with van der Waals surface area (Å²) in [6, 6.07) is 17.5. The molecule has 0 fully saturated rings. The Kier molecular flexibility index (Phi) is 5.56. The van der Waals surface area contributed by atoms with Crippen LogP contribution in [0.4, 0.5) is 11.4 Å². The van der Waals surface area contributed by atoms with E-state index in [9.17, 15) is 9.59 Å². The maximum Gasteiger partial charge on any atom is 0.291 e. The van der Waals surface area contributed by atoms with Crippen LogP contribution in [0.1, 0.15) is 23.0 Å². The van der Waals surface area contributed by atoms with Crippen LogP contribution in [-0.2, 0) is 4.79 Å². The molecule has 2 amide bonds. The zero-order chi connectivity index (χ0) is 19.2. The molecule has 1 aromatic heterocycles. The second kappa shape index (κ2) is 8.23. The average molecular weight is 364 g/mol. The van der Waals surface area contributed by atoms with E-state index in [4.69, 9.17) is 9.15 Å². The molecule has 0 aliphatic heterocycles. The Labute approximate surface area is 157 Å². The number of hydrogen-bond donors (Lipinski definition) is 2. The molecule has 27 heavy (non-hydrogen) atoms. The second-order valence-corrected chi connectivity index (χ2v) is 6.07. The molecule has 2 aromatic carbocycles. The molecule has 3 aromatic rings. The Balaban J connectivity index is 1.54. The predicted octanol–water partition coefficient (Wildman–Crippen LogP) is 4.25. The van der Waals surface area contributed by atoms with E-state index >= 15 is 0 Å². The third-order valence-corrected chi connectivity index (χ3v) is 3.86. The van der Waals surface area contributed by atoms with Gasteiger partial charge in [-0.2, -0.15) is 0 Å². The first kappa shape index (κ1) is 18.3. The Bertz CT molecular complexity index is 900. The van der Waals surface area contributed by atoms with Gasteiger partial charge in [0.05, 0.1) is 6.26 Å². The van der Waals surface area contributed by atoms with Crippen LogP contribution < -0.4 is 15.4 Å². The third-order valence-electron chi connectivity index (χ3n) is 3.86. The highest BCUT2D eigenvalue weighted by Gasteiger charge is 2.15. The van der Waals surface area contributed by atoms with Gasteiger partial charge in [0.15, 0.2) is 11.9 Å². The monoisotopic (exact) mass is 364 g/mol. The van der Waals surface area contributed by atoms with Crippen molar-refractivity contribution in [2.75, 3.05) is 10.6 Å². The number of rotatable bonds is 6. The van der Waals surface area contributed by atoms with Crippen molar-refractivity contribution >= 4 is 23.2 Å². The van der Waals surface area contributed by atoms with E-state index in [1.807, 2.05) is 31.2 Å². The number of hydrogen-bond acceptors (Lipinski definition) is 4. The van der Waals surface area contributed by atoms with Crippen molar-refractivity contribution in [3.63, 3.8) is 0 Å². The van der Waals surface area contributed by atoms with E-state index in [0.29, 0.717) is 17.1 Å². The van der Waals surface area contributed by atoms with Crippen molar-refractivity contribution in [2.24, 2.45) is 0 Å². The third kappa shape index (κ3) is 4.98. The standard InChI is InChI=1S/C21H20N2O4/c1-14-5-11-18(12-6-14)27-15(2)20(24)22-16-7-9-17(10-8-16)23-21(25)19-4-3-13-26-19/h3-13,15H,1-2H3,(H,22,24)(H,23,25). The minimum Gasteiger partial charge on any atom is -0.481 e. The number of benzene rings is 2. The van der Waals surface area contributed by atoms with Gasteiger partial charge < -0.3 is 19.8 Å². The number of nitrogens with one attached hydrogen (secondary N) is 2. The van der Waals surface area contributed by atoms with Gasteiger partial charge in [-0.15, -0.1) is 0 Å². The van der Waals surface area contributed by atoms with E-state index in [-0.39, 0.29) is 17.6 Å². The molecule has 0 aliphatic carbocycles. The Morgan fingerprint density at radius 3 is 2.15 bits per heavy atom. The van der Waals surface area contributed by atoms with Gasteiger partial charge in [-0.3, -0.25) is 9.59 Å². The molecule has 0 aliphatic rings. The van der Waals surface area contributed by atoms with Crippen molar-refractivity contribution in [3.05, 3.63) is 78.3 Å². The molecule has 0 saturated carbocycles. The van der Waals surface area contributed by atoms with Crippen molar-refractivity contribution in [1.29, 1.82) is 0 Å². The largest absolute Gasteiger partial charge is 0.481 e. The lowest BCUT2D eigenvalue weighted by Gasteiger charge is -2.15. The number of carbonyl (C=O) groups is 2. The first-order valence-corrected chi connectivity index (χ1v) is 8.50. The molecular formula is C21H20N2O4. The van der Waals surface area contributed by atoms with Gasteiger partial charge in [0.1, 0.15) is 5.75 Å². The van der Waals surface area contributed by atoms with Crippen molar-refractivity contribution < 1.29 is 18.7 Å². The van der Waals surface area contributed by atoms with Crippen LogP contribution in [0.3, 0.4) is 0 Å². The number of aryl methyl sites for hydroxylation is 1. The molecule has 0 bridgehead atoms. The molecule has 1 atom stereocenters. The lowest BCUT2D eigenvalue weighted by molar-refractivity contribution is -0.122. The molecule has 3 rings (SSSR count). The molecular weight excluding hydrogens is 344 g/mol. The fourth-order valence-corrected chi connectivity index (χ4v) is 2.36. The van der Waals surface area contributed by atoms with Crippen molar-refractivity contribution in [2.45, 2.75) is 20.0 Å². The zero-order valence-corrected chi connectivity index (χ0v) is 15.1. The number of ether oxygens (including phenoxy) is 1. The summed E-state index contributed by atoms with van der Waals surface area (Å²) in [6.07, 6.45) is 0.791. The van der Waals surface area contributed by atoms with Gasteiger partial charge in [0.25, 0.3) is 11.8 Å². The molecule has 6 heteroatoms. The smallest absolute Gasteiger partial charge is 0.291 e. The summed E-state index contributed by atoms with van der Waals surface area (Å²) in [6.45, 7) is 3.67. The van der Waals surface area contributed by atoms with Gasteiger partial charge in [-0.25, -0.2) is 0 Å². The Morgan fingerprint density at radius 1 is 0.926 bits per heavy atom. The summed E-state index contributed by atoms with van der Waals surface area (Å²) >= 11 is 0. The second-order valence-electron chi connectivity index (χ2n) is 6.07. The lowest BCUT2D eigenvalue weighted by Crippen LogP contribution is -2.30. The molecule has 0 saturated heterocycles. The molecule has 1 heterocycles. The average Bonchev–Trinajstić information content (AvgIpc) is 3.20. The summed E-state index contributed by atoms with van der Waals surface area (Å²) in [5.41, 5.74) is 2.33. The summed E-state index contributed by atoms with van der Waals surface area (Å²) < 4.78 is 10.7. The van der Waals surface area contributed by atoms with E-state index < -0.39 is 6.10 Å². The number of amides is 2. The van der Waals surface area contributed by atoms with Crippen LogP contribution in [0, 0.1) is 6.92 Å². The normalized spacial score (nSPS) is 11.5. The molecule has 2 N–H and O–H groups in total. The van der Waals surface area contributed by atoms with Crippen LogP contribution in [0.15, 0.2) is 71.3 Å². The highest BCUT2D eigenvalue weighted by Crippen LogP contribution is 2.17. The Morgan fingerprint density at radius 2 is 1.56 bits per heavy atom. The molecule has 0 spiro atoms. The fraction of sp³-hybridized carbons (Fsp3) is 0.143. The SMILES string of the molecule is Cc1ccc(OC(C)C(=O)Nc2ccc(NC(=O)c3ccco3)cc2)cc1. The first-order chi connectivity index (χ1) is 13.0. The number of carbonyl (C=O) groups excluding carboxylic acids is 2. The summed E-state index contributed by atoms with van der Waals surface area (Å²) in [5, 5.41) is 5.50. The predicted molar refractivity (Wildman–Crippen MR) is 103 cm³/mol. The summed E-state index contributed by atoms with van der Waals surface area (Å²) in [4.78, 5) is 24.2. The van der Waals surface area contributed by atoms with E-state index in [1.54, 1.807) is 43.3 Å². The number of anilines is 2. The minimum absolute atomic E-state index is 0.231. The maximum atomic E-state index is 12.3. The van der Waals surface area contributed by atoms with Gasteiger partial charge >= 0.3 is 0 Å². The van der Waals surface area contributed by atoms with E-state index in [2.05, 4.69) is 10.6 Å². The molecule has 6 nitrogen and oxygen atoms in total. The quantitative estimate of drug-likeness (QED) is 0.685. The Hall–Kier alpha value is -3.54. The fourth-order valence-electron chi connectivity index (χ4n) is 2.36. The number of furan rings is 1. The summed E-state index contributed by atoms with van der Waals surface area (Å²) in [7, 11) is 0. The molecule has 138 valence electrons. The first-order valence-electron chi connectivity index (χ1n) is 8.50. The van der Waals surface area contributed by atoms with E-state index in [0.717, 1.165) is 5.56 Å². The van der Waals surface area contributed by atoms with Gasteiger partial charge in [-0.1, -0.05) is 17.7 Å². The molecule has 1 unspecified atom stereocenters.